The van der Waals surface area contributed by atoms with Gasteiger partial charge in [0.25, 0.3) is 0 Å². The lowest BCUT2D eigenvalue weighted by atomic mass is 10.0. The number of imidazole rings is 1. The third-order valence-electron chi connectivity index (χ3n) is 5.89. The van der Waals surface area contributed by atoms with E-state index in [4.69, 9.17) is 0 Å². The second-order valence-corrected chi connectivity index (χ2v) is 12.2. The first-order chi connectivity index (χ1) is 15.7. The Morgan fingerprint density at radius 1 is 1.15 bits per heavy atom. The van der Waals surface area contributed by atoms with Gasteiger partial charge in [-0.05, 0) is 37.0 Å². The summed E-state index contributed by atoms with van der Waals surface area (Å²) in [5.41, 5.74) is 3.52. The van der Waals surface area contributed by atoms with E-state index in [-0.39, 0.29) is 23.2 Å². The number of amides is 1. The quantitative estimate of drug-likeness (QED) is 0.502. The molecular formula is C25H29N3O3S2. The number of sulfone groups is 1. The van der Waals surface area contributed by atoms with Crippen molar-refractivity contribution in [3.05, 3.63) is 66.4 Å². The fourth-order valence-corrected chi connectivity index (χ4v) is 7.00. The summed E-state index contributed by atoms with van der Waals surface area (Å²) in [6.45, 7) is 6.13. The number of hydrogen-bond donors (Lipinski definition) is 1. The summed E-state index contributed by atoms with van der Waals surface area (Å²) in [4.78, 5) is 17.3. The maximum Gasteiger partial charge on any atom is 0.230 e. The van der Waals surface area contributed by atoms with Gasteiger partial charge < -0.3 is 5.32 Å². The Labute approximate surface area is 199 Å². The molecule has 1 aliphatic heterocycles. The van der Waals surface area contributed by atoms with Crippen LogP contribution in [0.1, 0.15) is 38.7 Å². The number of carbonyl (C=O) groups excluding carboxylic acids is 1. The standard InChI is InChI=1S/C25H29N3O3S2/c1-18(2)19-9-11-21(12-10-19)28-22(20-7-5-4-6-8-20)15-26-24(28)32-16-23(29)27-25(3)13-14-33(30,31)17-25/h4-12,15,18H,13-14,16-17H2,1-3H3,(H,27,29)/t25-/m1/s1. The molecule has 1 N–H and O–H groups in total. The van der Waals surface area contributed by atoms with Crippen LogP contribution < -0.4 is 5.32 Å². The SMILES string of the molecule is CC(C)c1ccc(-n2c(-c3ccccc3)cnc2SCC(=O)N[C@]2(C)CCS(=O)(=O)C2)cc1. The van der Waals surface area contributed by atoms with Crippen molar-refractivity contribution >= 4 is 27.5 Å². The lowest BCUT2D eigenvalue weighted by Crippen LogP contribution is -2.47. The van der Waals surface area contributed by atoms with Crippen molar-refractivity contribution in [3.63, 3.8) is 0 Å². The van der Waals surface area contributed by atoms with Crippen molar-refractivity contribution in [2.45, 2.75) is 43.8 Å². The molecular weight excluding hydrogens is 454 g/mol. The first kappa shape index (κ1) is 23.6. The van der Waals surface area contributed by atoms with Crippen LogP contribution in [0.3, 0.4) is 0 Å². The summed E-state index contributed by atoms with van der Waals surface area (Å²) in [7, 11) is -3.08. The fourth-order valence-electron chi connectivity index (χ4n) is 4.12. The molecule has 0 bridgehead atoms. The predicted molar refractivity (Wildman–Crippen MR) is 134 cm³/mol. The highest BCUT2D eigenvalue weighted by Crippen LogP contribution is 2.31. The second kappa shape index (κ2) is 9.35. The number of nitrogens with zero attached hydrogens (tertiary/aromatic N) is 2. The minimum Gasteiger partial charge on any atom is -0.349 e. The normalized spacial score (nSPS) is 19.6. The van der Waals surface area contributed by atoms with Gasteiger partial charge in [-0.1, -0.05) is 68.1 Å². The van der Waals surface area contributed by atoms with Crippen LogP contribution in [0.2, 0.25) is 0 Å². The van der Waals surface area contributed by atoms with Crippen LogP contribution in [-0.4, -0.2) is 46.7 Å². The molecule has 8 heteroatoms. The molecule has 0 unspecified atom stereocenters. The summed E-state index contributed by atoms with van der Waals surface area (Å²) in [6.07, 6.45) is 2.28. The molecule has 1 aromatic heterocycles. The van der Waals surface area contributed by atoms with Gasteiger partial charge in [0.1, 0.15) is 0 Å². The van der Waals surface area contributed by atoms with E-state index in [0.29, 0.717) is 17.5 Å². The number of benzene rings is 2. The number of hydrogen-bond acceptors (Lipinski definition) is 5. The van der Waals surface area contributed by atoms with E-state index in [2.05, 4.69) is 53.0 Å². The van der Waals surface area contributed by atoms with Crippen LogP contribution in [0.25, 0.3) is 16.9 Å². The van der Waals surface area contributed by atoms with Gasteiger partial charge in [0.2, 0.25) is 5.91 Å². The van der Waals surface area contributed by atoms with E-state index in [1.807, 2.05) is 36.5 Å². The minimum absolute atomic E-state index is 0.00854. The largest absolute Gasteiger partial charge is 0.349 e. The highest BCUT2D eigenvalue weighted by atomic mass is 32.2. The summed E-state index contributed by atoms with van der Waals surface area (Å²) in [5, 5.41) is 3.64. The highest BCUT2D eigenvalue weighted by Gasteiger charge is 2.39. The van der Waals surface area contributed by atoms with Crippen molar-refractivity contribution in [3.8, 4) is 16.9 Å². The van der Waals surface area contributed by atoms with E-state index in [9.17, 15) is 13.2 Å². The molecule has 0 saturated carbocycles. The number of carbonyl (C=O) groups is 1. The molecule has 1 amide bonds. The van der Waals surface area contributed by atoms with Crippen molar-refractivity contribution < 1.29 is 13.2 Å². The lowest BCUT2D eigenvalue weighted by molar-refractivity contribution is -0.120. The summed E-state index contributed by atoms with van der Waals surface area (Å²) < 4.78 is 25.8. The zero-order chi connectivity index (χ0) is 23.6. The van der Waals surface area contributed by atoms with E-state index < -0.39 is 15.4 Å². The number of thioether (sulfide) groups is 1. The first-order valence-corrected chi connectivity index (χ1v) is 13.8. The van der Waals surface area contributed by atoms with E-state index >= 15 is 0 Å². The van der Waals surface area contributed by atoms with Crippen molar-refractivity contribution in [1.29, 1.82) is 0 Å². The molecule has 33 heavy (non-hydrogen) atoms. The summed E-state index contributed by atoms with van der Waals surface area (Å²) in [5.74, 6) is 0.518. The Morgan fingerprint density at radius 3 is 2.45 bits per heavy atom. The average Bonchev–Trinajstić information content (AvgIpc) is 3.32. The van der Waals surface area contributed by atoms with Crippen LogP contribution in [0.15, 0.2) is 66.0 Å². The Kier molecular flexibility index (Phi) is 6.68. The molecule has 0 aliphatic carbocycles. The Bertz CT molecular complexity index is 1240. The first-order valence-electron chi connectivity index (χ1n) is 11.0. The smallest absolute Gasteiger partial charge is 0.230 e. The molecule has 174 valence electrons. The minimum atomic E-state index is -3.08. The van der Waals surface area contributed by atoms with E-state index in [0.717, 1.165) is 16.9 Å². The molecule has 2 aromatic carbocycles. The predicted octanol–water partition coefficient (Wildman–Crippen LogP) is 4.45. The second-order valence-electron chi connectivity index (χ2n) is 9.11. The molecule has 1 aliphatic rings. The van der Waals surface area contributed by atoms with Gasteiger partial charge in [-0.2, -0.15) is 0 Å². The fraction of sp³-hybridized carbons (Fsp3) is 0.360. The molecule has 2 heterocycles. The molecule has 1 fully saturated rings. The number of rotatable bonds is 7. The molecule has 3 aromatic rings. The van der Waals surface area contributed by atoms with Crippen molar-refractivity contribution in [2.24, 2.45) is 0 Å². The van der Waals surface area contributed by atoms with Crippen LogP contribution in [0.5, 0.6) is 0 Å². The van der Waals surface area contributed by atoms with Gasteiger partial charge in [0, 0.05) is 11.3 Å². The molecule has 1 saturated heterocycles. The lowest BCUT2D eigenvalue weighted by Gasteiger charge is -2.23. The van der Waals surface area contributed by atoms with Gasteiger partial charge in [-0.3, -0.25) is 9.36 Å². The van der Waals surface area contributed by atoms with Crippen LogP contribution in [0, 0.1) is 0 Å². The molecule has 0 radical (unpaired) electrons. The third-order valence-corrected chi connectivity index (χ3v) is 8.75. The zero-order valence-electron chi connectivity index (χ0n) is 19.1. The Balaban J connectivity index is 1.58. The maximum atomic E-state index is 12.7. The number of nitrogens with one attached hydrogen (secondary N) is 1. The molecule has 0 spiro atoms. The third kappa shape index (κ3) is 5.50. The van der Waals surface area contributed by atoms with Crippen molar-refractivity contribution in [2.75, 3.05) is 17.3 Å². The van der Waals surface area contributed by atoms with Gasteiger partial charge in [-0.15, -0.1) is 0 Å². The zero-order valence-corrected chi connectivity index (χ0v) is 20.7. The van der Waals surface area contributed by atoms with Gasteiger partial charge in [0.15, 0.2) is 15.0 Å². The van der Waals surface area contributed by atoms with E-state index in [1.165, 1.54) is 17.3 Å². The molecule has 6 nitrogen and oxygen atoms in total. The van der Waals surface area contributed by atoms with Crippen LogP contribution in [-0.2, 0) is 14.6 Å². The van der Waals surface area contributed by atoms with Gasteiger partial charge >= 0.3 is 0 Å². The highest BCUT2D eigenvalue weighted by molar-refractivity contribution is 7.99. The van der Waals surface area contributed by atoms with Crippen LogP contribution >= 0.6 is 11.8 Å². The van der Waals surface area contributed by atoms with E-state index in [1.54, 1.807) is 6.92 Å². The maximum absolute atomic E-state index is 12.7. The summed E-state index contributed by atoms with van der Waals surface area (Å²) in [6, 6.07) is 18.4. The van der Waals surface area contributed by atoms with Crippen molar-refractivity contribution in [1.82, 2.24) is 14.9 Å². The summed E-state index contributed by atoms with van der Waals surface area (Å²) >= 11 is 1.35. The van der Waals surface area contributed by atoms with Gasteiger partial charge in [0.05, 0.1) is 34.7 Å². The molecule has 4 rings (SSSR count). The Hall–Kier alpha value is -2.58. The molecule has 1 atom stereocenters. The number of aromatic nitrogens is 2. The topological polar surface area (TPSA) is 81.1 Å². The Morgan fingerprint density at radius 2 is 1.85 bits per heavy atom. The average molecular weight is 484 g/mol. The van der Waals surface area contributed by atoms with Gasteiger partial charge in [-0.25, -0.2) is 13.4 Å². The van der Waals surface area contributed by atoms with Crippen LogP contribution in [0.4, 0.5) is 0 Å². The monoisotopic (exact) mass is 483 g/mol.